The molecule has 4 amide bonds. The molecular formula is C30H42N4O5. The van der Waals surface area contributed by atoms with E-state index < -0.39 is 54.0 Å². The summed E-state index contributed by atoms with van der Waals surface area (Å²) in [6.45, 7) is 14.5. The van der Waals surface area contributed by atoms with Gasteiger partial charge in [-0.1, -0.05) is 43.3 Å². The number of nitrogens with zero attached hydrogens (tertiary/aromatic N) is 1. The van der Waals surface area contributed by atoms with Gasteiger partial charge in [0.05, 0.1) is 6.42 Å². The number of para-hydroxylation sites is 1. The number of hydrogen-bond acceptors (Lipinski definition) is 5. The Labute approximate surface area is 231 Å². The number of carbonyl (C=O) groups excluding carboxylic acids is 4. The summed E-state index contributed by atoms with van der Waals surface area (Å²) in [4.78, 5) is 54.4. The summed E-state index contributed by atoms with van der Waals surface area (Å²) in [7, 11) is 0. The fourth-order valence-corrected chi connectivity index (χ4v) is 4.40. The summed E-state index contributed by atoms with van der Waals surface area (Å²) >= 11 is 0. The van der Waals surface area contributed by atoms with Crippen molar-refractivity contribution in [2.45, 2.75) is 92.0 Å². The summed E-state index contributed by atoms with van der Waals surface area (Å²) in [5, 5.41) is 5.51. The molecule has 2 aromatic carbocycles. The van der Waals surface area contributed by atoms with E-state index >= 15 is 0 Å². The predicted molar refractivity (Wildman–Crippen MR) is 152 cm³/mol. The number of rotatable bonds is 10. The maximum Gasteiger partial charge on any atom is 0.408 e. The number of nitrogens with two attached hydrogens (primary N) is 1. The summed E-state index contributed by atoms with van der Waals surface area (Å²) in [5.41, 5.74) is 8.47. The number of ether oxygens (including phenoxy) is 1. The van der Waals surface area contributed by atoms with Crippen molar-refractivity contribution in [1.29, 1.82) is 0 Å². The first-order valence-electron chi connectivity index (χ1n) is 13.2. The van der Waals surface area contributed by atoms with E-state index in [2.05, 4.69) is 10.6 Å². The van der Waals surface area contributed by atoms with Crippen molar-refractivity contribution in [1.82, 2.24) is 10.2 Å². The minimum atomic E-state index is -1.33. The van der Waals surface area contributed by atoms with Gasteiger partial charge in [0.15, 0.2) is 0 Å². The number of alkyl carbamates (subject to hydrolysis) is 1. The van der Waals surface area contributed by atoms with Crippen molar-refractivity contribution in [2.24, 2.45) is 5.73 Å². The first kappa shape index (κ1) is 31.3. The lowest BCUT2D eigenvalue weighted by Gasteiger charge is -2.39. The van der Waals surface area contributed by atoms with E-state index in [0.29, 0.717) is 17.7 Å². The van der Waals surface area contributed by atoms with Crippen LogP contribution in [-0.2, 0) is 19.1 Å². The van der Waals surface area contributed by atoms with Crippen molar-refractivity contribution in [2.75, 3.05) is 5.32 Å². The molecule has 0 aliphatic carbocycles. The number of nitrogens with one attached hydrogen (secondary N) is 2. The highest BCUT2D eigenvalue weighted by Gasteiger charge is 2.40. The quantitative estimate of drug-likeness (QED) is 0.404. The van der Waals surface area contributed by atoms with Gasteiger partial charge >= 0.3 is 6.09 Å². The Morgan fingerprint density at radius 2 is 1.51 bits per heavy atom. The second-order valence-electron chi connectivity index (χ2n) is 10.9. The van der Waals surface area contributed by atoms with Crippen LogP contribution in [0.25, 0.3) is 0 Å². The average molecular weight is 539 g/mol. The van der Waals surface area contributed by atoms with Gasteiger partial charge in [-0.15, -0.1) is 0 Å². The van der Waals surface area contributed by atoms with E-state index in [-0.39, 0.29) is 0 Å². The number of carbonyl (C=O) groups is 4. The predicted octanol–water partition coefficient (Wildman–Crippen LogP) is 4.69. The fraction of sp³-hybridized carbons (Fsp3) is 0.467. The lowest BCUT2D eigenvalue weighted by molar-refractivity contribution is -0.144. The van der Waals surface area contributed by atoms with Crippen molar-refractivity contribution < 1.29 is 23.9 Å². The van der Waals surface area contributed by atoms with E-state index in [4.69, 9.17) is 10.5 Å². The van der Waals surface area contributed by atoms with Crippen molar-refractivity contribution in [3.8, 4) is 0 Å². The van der Waals surface area contributed by atoms with E-state index in [1.165, 1.54) is 4.90 Å². The van der Waals surface area contributed by atoms with Crippen molar-refractivity contribution in [3.05, 3.63) is 64.7 Å². The summed E-state index contributed by atoms with van der Waals surface area (Å²) in [6.07, 6.45) is -0.802. The number of anilines is 1. The van der Waals surface area contributed by atoms with Gasteiger partial charge in [0.25, 0.3) is 5.91 Å². The van der Waals surface area contributed by atoms with Crippen LogP contribution < -0.4 is 16.4 Å². The highest BCUT2D eigenvalue weighted by molar-refractivity contribution is 6.00. The van der Waals surface area contributed by atoms with Crippen molar-refractivity contribution in [3.63, 3.8) is 0 Å². The number of benzene rings is 2. The molecule has 0 aliphatic heterocycles. The van der Waals surface area contributed by atoms with Crippen LogP contribution >= 0.6 is 0 Å². The molecule has 0 heterocycles. The third-order valence-electron chi connectivity index (χ3n) is 6.46. The molecule has 9 heteroatoms. The van der Waals surface area contributed by atoms with Crippen LogP contribution in [0.3, 0.4) is 0 Å². The van der Waals surface area contributed by atoms with Crippen molar-refractivity contribution >= 4 is 29.5 Å². The minimum absolute atomic E-state index is 0.412. The second-order valence-corrected chi connectivity index (χ2v) is 10.9. The van der Waals surface area contributed by atoms with E-state index in [9.17, 15) is 19.2 Å². The molecule has 0 radical (unpaired) electrons. The molecule has 0 aromatic heterocycles. The van der Waals surface area contributed by atoms with Gasteiger partial charge in [-0.3, -0.25) is 14.4 Å². The molecule has 0 saturated carbocycles. The standard InChI is InChI=1S/C30H42N4O5/c1-9-21(5)34(28(37)23(17-24(31)35)33-29(38)39-30(6,7)8)26(25-19(3)14-12-15-20(25)4)27(36)32-22-16-11-10-13-18(22)2/h10-16,21,23,26H,9,17H2,1-8H3,(H2,31,35)(H,32,36)(H,33,38). The van der Waals surface area contributed by atoms with Gasteiger partial charge < -0.3 is 26.0 Å². The van der Waals surface area contributed by atoms with Crippen LogP contribution in [0, 0.1) is 20.8 Å². The molecule has 9 nitrogen and oxygen atoms in total. The smallest absolute Gasteiger partial charge is 0.408 e. The van der Waals surface area contributed by atoms with E-state index in [0.717, 1.165) is 16.7 Å². The zero-order valence-electron chi connectivity index (χ0n) is 24.3. The van der Waals surface area contributed by atoms with Crippen LogP contribution in [0.15, 0.2) is 42.5 Å². The molecule has 4 N–H and O–H groups in total. The maximum atomic E-state index is 14.2. The van der Waals surface area contributed by atoms with Crippen LogP contribution in [0.2, 0.25) is 0 Å². The first-order valence-corrected chi connectivity index (χ1v) is 13.2. The zero-order chi connectivity index (χ0) is 29.5. The molecule has 0 spiro atoms. The lowest BCUT2D eigenvalue weighted by atomic mass is 9.92. The van der Waals surface area contributed by atoms with Crippen LogP contribution in [0.4, 0.5) is 10.5 Å². The fourth-order valence-electron chi connectivity index (χ4n) is 4.40. The molecule has 39 heavy (non-hydrogen) atoms. The Bertz CT molecular complexity index is 1180. The molecule has 0 aliphatic rings. The third kappa shape index (κ3) is 8.56. The Balaban J connectivity index is 2.66. The average Bonchev–Trinajstić information content (AvgIpc) is 2.82. The molecule has 2 aromatic rings. The highest BCUT2D eigenvalue weighted by Crippen LogP contribution is 2.32. The normalized spacial score (nSPS) is 13.5. The Morgan fingerprint density at radius 1 is 0.949 bits per heavy atom. The summed E-state index contributed by atoms with van der Waals surface area (Å²) in [5.74, 6) is -1.80. The largest absolute Gasteiger partial charge is 0.444 e. The Kier molecular flexibility index (Phi) is 10.7. The van der Waals surface area contributed by atoms with Gasteiger partial charge in [0.1, 0.15) is 17.7 Å². The Morgan fingerprint density at radius 3 is 2.03 bits per heavy atom. The number of amides is 4. The molecule has 3 unspecified atom stereocenters. The molecule has 3 atom stereocenters. The maximum absolute atomic E-state index is 14.2. The monoisotopic (exact) mass is 538 g/mol. The topological polar surface area (TPSA) is 131 Å². The lowest BCUT2D eigenvalue weighted by Crippen LogP contribution is -2.56. The first-order chi connectivity index (χ1) is 18.2. The van der Waals surface area contributed by atoms with Crippen LogP contribution in [0.1, 0.15) is 75.8 Å². The Hall–Kier alpha value is -3.88. The van der Waals surface area contributed by atoms with Gasteiger partial charge in [0, 0.05) is 11.7 Å². The molecule has 0 fully saturated rings. The molecule has 0 bridgehead atoms. The zero-order valence-corrected chi connectivity index (χ0v) is 24.3. The van der Waals surface area contributed by atoms with Gasteiger partial charge in [-0.05, 0) is 83.2 Å². The molecule has 0 saturated heterocycles. The summed E-state index contributed by atoms with van der Waals surface area (Å²) in [6, 6.07) is 10.2. The molecule has 212 valence electrons. The molecule has 2 rings (SSSR count). The van der Waals surface area contributed by atoms with Gasteiger partial charge in [-0.2, -0.15) is 0 Å². The third-order valence-corrected chi connectivity index (χ3v) is 6.46. The summed E-state index contributed by atoms with van der Waals surface area (Å²) < 4.78 is 5.34. The second kappa shape index (κ2) is 13.3. The van der Waals surface area contributed by atoms with E-state index in [1.54, 1.807) is 26.8 Å². The number of aryl methyl sites for hydroxylation is 3. The van der Waals surface area contributed by atoms with E-state index in [1.807, 2.05) is 71.0 Å². The minimum Gasteiger partial charge on any atom is -0.444 e. The van der Waals surface area contributed by atoms with Crippen LogP contribution in [0.5, 0.6) is 0 Å². The van der Waals surface area contributed by atoms with Crippen LogP contribution in [-0.4, -0.2) is 46.4 Å². The number of hydrogen-bond donors (Lipinski definition) is 3. The molecular weight excluding hydrogens is 496 g/mol. The van der Waals surface area contributed by atoms with Gasteiger partial charge in [0.2, 0.25) is 11.8 Å². The SMILES string of the molecule is CCC(C)N(C(=O)C(CC(N)=O)NC(=O)OC(C)(C)C)C(C(=O)Nc1ccccc1C)c1c(C)cccc1C. The highest BCUT2D eigenvalue weighted by atomic mass is 16.6. The number of primary amides is 1. The van der Waals surface area contributed by atoms with Gasteiger partial charge in [-0.25, -0.2) is 4.79 Å².